The van der Waals surface area contributed by atoms with Crippen LogP contribution in [0.2, 0.25) is 0 Å². The molecule has 1 aliphatic heterocycles. The molecule has 0 saturated carbocycles. The Morgan fingerprint density at radius 2 is 2.17 bits per heavy atom. The van der Waals surface area contributed by atoms with Gasteiger partial charge in [-0.1, -0.05) is 5.92 Å². The molecule has 0 spiro atoms. The Kier molecular flexibility index (Phi) is 1.83. The molecular formula is C5H6N2O4S. The molecule has 1 rings (SSSR count). The summed E-state index contributed by atoms with van der Waals surface area (Å²) in [5, 5.41) is 0. The van der Waals surface area contributed by atoms with Crippen LogP contribution in [-0.2, 0) is 15.1 Å². The van der Waals surface area contributed by atoms with Gasteiger partial charge in [0.1, 0.15) is 12.1 Å². The van der Waals surface area contributed by atoms with E-state index in [0.29, 0.717) is 0 Å². The predicted octanol–water partition coefficient (Wildman–Crippen LogP) is -2.04. The average molecular weight is 190 g/mol. The van der Waals surface area contributed by atoms with Crippen molar-refractivity contribution in [1.29, 1.82) is 0 Å². The second-order valence-corrected chi connectivity index (χ2v) is 3.54. The first-order valence-electron chi connectivity index (χ1n) is 2.92. The molecule has 0 aromatic heterocycles. The van der Waals surface area contributed by atoms with Gasteiger partial charge in [0.05, 0.1) is 0 Å². The van der Waals surface area contributed by atoms with Crippen molar-refractivity contribution in [3.8, 4) is 12.3 Å². The van der Waals surface area contributed by atoms with Gasteiger partial charge in [0.2, 0.25) is 0 Å². The van der Waals surface area contributed by atoms with Crippen molar-refractivity contribution in [2.75, 3.05) is 0 Å². The normalized spacial score (nSPS) is 29.4. The lowest BCUT2D eigenvalue weighted by molar-refractivity contribution is -0.138. The lowest BCUT2D eigenvalue weighted by Crippen LogP contribution is -2.69. The van der Waals surface area contributed by atoms with Gasteiger partial charge >= 0.3 is 10.3 Å². The van der Waals surface area contributed by atoms with Crippen LogP contribution >= 0.6 is 0 Å². The summed E-state index contributed by atoms with van der Waals surface area (Å²) in [5.74, 6) is 1.09. The van der Waals surface area contributed by atoms with Gasteiger partial charge < -0.3 is 5.73 Å². The summed E-state index contributed by atoms with van der Waals surface area (Å²) >= 11 is 0. The zero-order valence-corrected chi connectivity index (χ0v) is 6.65. The topological polar surface area (TPSA) is 101 Å². The molecule has 2 unspecified atom stereocenters. The summed E-state index contributed by atoms with van der Waals surface area (Å²) in [7, 11) is -4.55. The molecule has 66 valence electrons. The molecule has 7 heteroatoms. The molecule has 6 nitrogen and oxygen atoms in total. The Hall–Kier alpha value is -1.10. The minimum atomic E-state index is -4.55. The Balaban J connectivity index is 2.98. The van der Waals surface area contributed by atoms with Gasteiger partial charge in [0, 0.05) is 0 Å². The van der Waals surface area contributed by atoms with Crippen LogP contribution in [0.1, 0.15) is 0 Å². The van der Waals surface area contributed by atoms with E-state index in [0.717, 1.165) is 0 Å². The first-order valence-corrected chi connectivity index (χ1v) is 4.31. The second-order valence-electron chi connectivity index (χ2n) is 2.25. The monoisotopic (exact) mass is 190 g/mol. The molecule has 1 fully saturated rings. The van der Waals surface area contributed by atoms with Gasteiger partial charge in [-0.05, 0) is 0 Å². The third-order valence-corrected chi connectivity index (χ3v) is 2.42. The van der Waals surface area contributed by atoms with E-state index < -0.39 is 28.3 Å². The van der Waals surface area contributed by atoms with Crippen molar-refractivity contribution >= 4 is 16.2 Å². The first-order chi connectivity index (χ1) is 5.39. The molecule has 1 heterocycles. The fraction of sp³-hybridized carbons (Fsp3) is 0.400. The number of hydrogen-bond donors (Lipinski definition) is 2. The maximum atomic E-state index is 10.7. The SMILES string of the molecule is C#CC1C(N)C(=O)N1S(=O)(=O)O. The zero-order valence-electron chi connectivity index (χ0n) is 5.84. The van der Waals surface area contributed by atoms with Gasteiger partial charge in [-0.15, -0.1) is 6.42 Å². The molecule has 0 aliphatic carbocycles. The molecule has 12 heavy (non-hydrogen) atoms. The number of terminal acetylenes is 1. The highest BCUT2D eigenvalue weighted by Gasteiger charge is 2.50. The van der Waals surface area contributed by atoms with E-state index in [1.165, 1.54) is 0 Å². The molecule has 3 N–H and O–H groups in total. The van der Waals surface area contributed by atoms with E-state index in [1.807, 2.05) is 5.92 Å². The molecule has 0 bridgehead atoms. The van der Waals surface area contributed by atoms with Crippen LogP contribution in [-0.4, -0.2) is 35.3 Å². The average Bonchev–Trinajstić information content (AvgIpc) is 1.95. The number of carbonyl (C=O) groups is 1. The lowest BCUT2D eigenvalue weighted by Gasteiger charge is -2.38. The Morgan fingerprint density at radius 1 is 1.67 bits per heavy atom. The standard InChI is InChI=1S/C5H6N2O4S/c1-2-3-4(6)5(8)7(3)12(9,10)11/h1,3-4H,6H2,(H,9,10,11). The zero-order chi connectivity index (χ0) is 9.52. The summed E-state index contributed by atoms with van der Waals surface area (Å²) in [6.45, 7) is 0. The Labute approximate surface area is 69.2 Å². The van der Waals surface area contributed by atoms with Crippen LogP contribution in [0.3, 0.4) is 0 Å². The summed E-state index contributed by atoms with van der Waals surface area (Å²) < 4.78 is 29.5. The van der Waals surface area contributed by atoms with E-state index in [4.69, 9.17) is 16.7 Å². The van der Waals surface area contributed by atoms with Gasteiger partial charge in [-0.3, -0.25) is 9.35 Å². The molecular weight excluding hydrogens is 184 g/mol. The number of carbonyl (C=O) groups excluding carboxylic acids is 1. The minimum Gasteiger partial charge on any atom is -0.317 e. The molecule has 1 aliphatic rings. The van der Waals surface area contributed by atoms with E-state index in [2.05, 4.69) is 0 Å². The summed E-state index contributed by atoms with van der Waals surface area (Å²) in [6, 6.07) is -2.09. The van der Waals surface area contributed by atoms with Crippen molar-refractivity contribution in [3.63, 3.8) is 0 Å². The number of amides is 1. The Bertz CT molecular complexity index is 354. The van der Waals surface area contributed by atoms with Crippen LogP contribution in [0.15, 0.2) is 0 Å². The van der Waals surface area contributed by atoms with Crippen molar-refractivity contribution in [2.24, 2.45) is 5.73 Å². The maximum absolute atomic E-state index is 10.7. The second kappa shape index (κ2) is 2.45. The van der Waals surface area contributed by atoms with E-state index >= 15 is 0 Å². The third-order valence-electron chi connectivity index (χ3n) is 1.51. The fourth-order valence-electron chi connectivity index (χ4n) is 0.911. The van der Waals surface area contributed by atoms with Crippen molar-refractivity contribution in [1.82, 2.24) is 4.31 Å². The van der Waals surface area contributed by atoms with Crippen LogP contribution in [0.25, 0.3) is 0 Å². The van der Waals surface area contributed by atoms with Crippen molar-refractivity contribution in [2.45, 2.75) is 12.1 Å². The molecule has 1 saturated heterocycles. The van der Waals surface area contributed by atoms with Gasteiger partial charge in [-0.25, -0.2) is 0 Å². The van der Waals surface area contributed by atoms with E-state index in [-0.39, 0.29) is 4.31 Å². The van der Waals surface area contributed by atoms with Crippen LogP contribution in [0.5, 0.6) is 0 Å². The van der Waals surface area contributed by atoms with Gasteiger partial charge in [-0.2, -0.15) is 12.7 Å². The van der Waals surface area contributed by atoms with Gasteiger partial charge in [0.15, 0.2) is 0 Å². The summed E-state index contributed by atoms with van der Waals surface area (Å²) in [6.07, 6.45) is 4.87. The third kappa shape index (κ3) is 1.06. The fourth-order valence-corrected chi connectivity index (χ4v) is 1.74. The molecule has 0 aromatic carbocycles. The number of hydrogen-bond acceptors (Lipinski definition) is 4. The number of β-lactam (4-membered cyclic amide) rings is 1. The lowest BCUT2D eigenvalue weighted by atomic mass is 10.0. The minimum absolute atomic E-state index is 0.178. The smallest absolute Gasteiger partial charge is 0.317 e. The quantitative estimate of drug-likeness (QED) is 0.282. The van der Waals surface area contributed by atoms with Crippen molar-refractivity contribution < 1.29 is 17.8 Å². The molecule has 2 atom stereocenters. The summed E-state index contributed by atoms with van der Waals surface area (Å²) in [4.78, 5) is 10.7. The predicted molar refractivity (Wildman–Crippen MR) is 39.0 cm³/mol. The molecule has 1 amide bonds. The van der Waals surface area contributed by atoms with E-state index in [1.54, 1.807) is 0 Å². The maximum Gasteiger partial charge on any atom is 0.363 e. The number of nitrogens with zero attached hydrogens (tertiary/aromatic N) is 1. The Morgan fingerprint density at radius 3 is 2.42 bits per heavy atom. The molecule has 0 radical (unpaired) electrons. The highest BCUT2D eigenvalue weighted by molar-refractivity contribution is 7.84. The number of nitrogens with two attached hydrogens (primary N) is 1. The summed E-state index contributed by atoms with van der Waals surface area (Å²) in [5.41, 5.74) is 5.15. The van der Waals surface area contributed by atoms with Gasteiger partial charge in [0.25, 0.3) is 5.91 Å². The first kappa shape index (κ1) is 8.99. The largest absolute Gasteiger partial charge is 0.363 e. The number of rotatable bonds is 1. The highest BCUT2D eigenvalue weighted by Crippen LogP contribution is 2.20. The van der Waals surface area contributed by atoms with Crippen LogP contribution in [0.4, 0.5) is 0 Å². The van der Waals surface area contributed by atoms with E-state index in [9.17, 15) is 13.2 Å². The van der Waals surface area contributed by atoms with Crippen molar-refractivity contribution in [3.05, 3.63) is 0 Å². The van der Waals surface area contributed by atoms with Crippen LogP contribution in [0, 0.1) is 12.3 Å². The molecule has 0 aromatic rings. The van der Waals surface area contributed by atoms with Crippen LogP contribution < -0.4 is 5.73 Å². The highest BCUT2D eigenvalue weighted by atomic mass is 32.2.